The fourth-order valence-corrected chi connectivity index (χ4v) is 2.31. The average molecular weight is 272 g/mol. The van der Waals surface area contributed by atoms with Crippen LogP contribution in [0.2, 0.25) is 0 Å². The van der Waals surface area contributed by atoms with Gasteiger partial charge in [-0.1, -0.05) is 25.1 Å². The van der Waals surface area contributed by atoms with Gasteiger partial charge in [0.05, 0.1) is 5.69 Å². The Labute approximate surface area is 116 Å². The number of hydrogen-bond acceptors (Lipinski definition) is 4. The zero-order valence-corrected chi connectivity index (χ0v) is 11.2. The molecule has 2 heterocycles. The fourth-order valence-electron chi connectivity index (χ4n) is 2.31. The molecule has 6 heteroatoms. The number of para-hydroxylation sites is 1. The van der Waals surface area contributed by atoms with Gasteiger partial charge < -0.3 is 4.74 Å². The molecule has 6 nitrogen and oxygen atoms in total. The SMILES string of the molecule is C[C@H]1CCO[C@H]1C(=O)Nc1nncn1-c1ccccc1. The predicted octanol–water partition coefficient (Wildman–Crippen LogP) is 1.63. The molecule has 1 N–H and O–H groups in total. The Bertz CT molecular complexity index is 596. The Morgan fingerprint density at radius 2 is 2.20 bits per heavy atom. The Morgan fingerprint density at radius 1 is 1.40 bits per heavy atom. The number of rotatable bonds is 3. The maximum absolute atomic E-state index is 12.2. The van der Waals surface area contributed by atoms with Crippen LogP contribution in [0.25, 0.3) is 5.69 Å². The number of nitrogens with one attached hydrogen (secondary N) is 1. The lowest BCUT2D eigenvalue weighted by atomic mass is 10.0. The highest BCUT2D eigenvalue weighted by Gasteiger charge is 2.31. The minimum absolute atomic E-state index is 0.166. The van der Waals surface area contributed by atoms with Crippen molar-refractivity contribution in [2.75, 3.05) is 11.9 Å². The summed E-state index contributed by atoms with van der Waals surface area (Å²) in [5, 5.41) is 10.6. The second kappa shape index (κ2) is 5.42. The van der Waals surface area contributed by atoms with Gasteiger partial charge in [0.25, 0.3) is 5.91 Å². The number of benzene rings is 1. The van der Waals surface area contributed by atoms with Gasteiger partial charge in [0, 0.05) is 6.61 Å². The van der Waals surface area contributed by atoms with Gasteiger partial charge in [-0.05, 0) is 24.5 Å². The van der Waals surface area contributed by atoms with E-state index in [1.54, 1.807) is 10.9 Å². The molecule has 1 saturated heterocycles. The molecule has 0 bridgehead atoms. The lowest BCUT2D eigenvalue weighted by molar-refractivity contribution is -0.126. The summed E-state index contributed by atoms with van der Waals surface area (Å²) < 4.78 is 7.19. The first-order chi connectivity index (χ1) is 9.75. The van der Waals surface area contributed by atoms with Crippen molar-refractivity contribution in [1.29, 1.82) is 0 Å². The first-order valence-corrected chi connectivity index (χ1v) is 6.63. The summed E-state index contributed by atoms with van der Waals surface area (Å²) in [6.07, 6.45) is 2.07. The van der Waals surface area contributed by atoms with Gasteiger partial charge in [-0.15, -0.1) is 10.2 Å². The van der Waals surface area contributed by atoms with E-state index in [-0.39, 0.29) is 11.8 Å². The Hall–Kier alpha value is -2.21. The maximum atomic E-state index is 12.2. The lowest BCUT2D eigenvalue weighted by Crippen LogP contribution is -2.32. The number of ether oxygens (including phenoxy) is 1. The number of hydrogen-bond donors (Lipinski definition) is 1. The van der Waals surface area contributed by atoms with Crippen LogP contribution in [0.4, 0.5) is 5.95 Å². The van der Waals surface area contributed by atoms with Crippen LogP contribution in [-0.4, -0.2) is 33.4 Å². The first-order valence-electron chi connectivity index (χ1n) is 6.63. The minimum atomic E-state index is -0.407. The van der Waals surface area contributed by atoms with Gasteiger partial charge in [0.1, 0.15) is 12.4 Å². The molecule has 1 amide bonds. The van der Waals surface area contributed by atoms with Gasteiger partial charge in [-0.25, -0.2) is 0 Å². The van der Waals surface area contributed by atoms with Crippen LogP contribution in [0.1, 0.15) is 13.3 Å². The zero-order chi connectivity index (χ0) is 13.9. The topological polar surface area (TPSA) is 69.0 Å². The summed E-state index contributed by atoms with van der Waals surface area (Å²) in [7, 11) is 0. The second-order valence-electron chi connectivity index (χ2n) is 4.91. The summed E-state index contributed by atoms with van der Waals surface area (Å²) in [5.74, 6) is 0.465. The highest BCUT2D eigenvalue weighted by atomic mass is 16.5. The molecule has 0 spiro atoms. The molecular formula is C14H16N4O2. The molecule has 1 aliphatic rings. The van der Waals surface area contributed by atoms with Gasteiger partial charge in [-0.3, -0.25) is 14.7 Å². The van der Waals surface area contributed by atoms with E-state index in [2.05, 4.69) is 15.5 Å². The molecular weight excluding hydrogens is 256 g/mol. The van der Waals surface area contributed by atoms with E-state index < -0.39 is 6.10 Å². The Balaban J connectivity index is 1.79. The summed E-state index contributed by atoms with van der Waals surface area (Å²) in [6.45, 7) is 2.64. The molecule has 2 aromatic rings. The monoisotopic (exact) mass is 272 g/mol. The van der Waals surface area contributed by atoms with Crippen molar-refractivity contribution in [2.24, 2.45) is 5.92 Å². The van der Waals surface area contributed by atoms with E-state index in [1.807, 2.05) is 37.3 Å². The van der Waals surface area contributed by atoms with Crippen LogP contribution < -0.4 is 5.32 Å². The van der Waals surface area contributed by atoms with Crippen molar-refractivity contribution in [2.45, 2.75) is 19.4 Å². The number of carbonyl (C=O) groups is 1. The molecule has 104 valence electrons. The average Bonchev–Trinajstić information content (AvgIpc) is 3.08. The third-order valence-electron chi connectivity index (χ3n) is 3.46. The van der Waals surface area contributed by atoms with E-state index in [0.29, 0.717) is 12.6 Å². The van der Waals surface area contributed by atoms with Crippen molar-refractivity contribution in [3.63, 3.8) is 0 Å². The van der Waals surface area contributed by atoms with Crippen molar-refractivity contribution in [3.8, 4) is 5.69 Å². The molecule has 0 aliphatic carbocycles. The quantitative estimate of drug-likeness (QED) is 0.922. The molecule has 1 aliphatic heterocycles. The third kappa shape index (κ3) is 2.42. The highest BCUT2D eigenvalue weighted by Crippen LogP contribution is 2.21. The molecule has 1 aromatic heterocycles. The van der Waals surface area contributed by atoms with Gasteiger partial charge in [0.2, 0.25) is 5.95 Å². The lowest BCUT2D eigenvalue weighted by Gasteiger charge is -2.14. The molecule has 0 unspecified atom stereocenters. The number of aromatic nitrogens is 3. The number of anilines is 1. The first kappa shape index (κ1) is 12.8. The molecule has 1 aromatic carbocycles. The normalized spacial score (nSPS) is 21.9. The third-order valence-corrected chi connectivity index (χ3v) is 3.46. The fraction of sp³-hybridized carbons (Fsp3) is 0.357. The minimum Gasteiger partial charge on any atom is -0.368 e. The molecule has 3 rings (SSSR count). The van der Waals surface area contributed by atoms with E-state index >= 15 is 0 Å². The zero-order valence-electron chi connectivity index (χ0n) is 11.2. The Kier molecular flexibility index (Phi) is 3.47. The molecule has 20 heavy (non-hydrogen) atoms. The van der Waals surface area contributed by atoms with Crippen LogP contribution in [-0.2, 0) is 9.53 Å². The van der Waals surface area contributed by atoms with Gasteiger partial charge in [0.15, 0.2) is 0 Å². The number of nitrogens with zero attached hydrogens (tertiary/aromatic N) is 3. The van der Waals surface area contributed by atoms with Crippen LogP contribution in [0.3, 0.4) is 0 Å². The van der Waals surface area contributed by atoms with E-state index in [4.69, 9.17) is 4.74 Å². The standard InChI is InChI=1S/C14H16N4O2/c1-10-7-8-20-12(10)13(19)16-14-17-15-9-18(14)11-5-3-2-4-6-11/h2-6,9-10,12H,7-8H2,1H3,(H,16,17,19)/t10-,12+/m0/s1. The van der Waals surface area contributed by atoms with Crippen LogP contribution >= 0.6 is 0 Å². The summed E-state index contributed by atoms with van der Waals surface area (Å²) in [4.78, 5) is 12.2. The summed E-state index contributed by atoms with van der Waals surface area (Å²) in [5.41, 5.74) is 0.896. The van der Waals surface area contributed by atoms with Gasteiger partial charge in [-0.2, -0.15) is 0 Å². The van der Waals surface area contributed by atoms with Crippen LogP contribution in [0.5, 0.6) is 0 Å². The Morgan fingerprint density at radius 3 is 2.90 bits per heavy atom. The van der Waals surface area contributed by atoms with Crippen LogP contribution in [0.15, 0.2) is 36.7 Å². The predicted molar refractivity (Wildman–Crippen MR) is 73.5 cm³/mol. The summed E-state index contributed by atoms with van der Waals surface area (Å²) >= 11 is 0. The van der Waals surface area contributed by atoms with Gasteiger partial charge >= 0.3 is 0 Å². The van der Waals surface area contributed by atoms with E-state index in [0.717, 1.165) is 12.1 Å². The van der Waals surface area contributed by atoms with Crippen molar-refractivity contribution in [3.05, 3.63) is 36.7 Å². The van der Waals surface area contributed by atoms with E-state index in [1.165, 1.54) is 0 Å². The highest BCUT2D eigenvalue weighted by molar-refractivity contribution is 5.93. The van der Waals surface area contributed by atoms with E-state index in [9.17, 15) is 4.79 Å². The van der Waals surface area contributed by atoms with Crippen molar-refractivity contribution in [1.82, 2.24) is 14.8 Å². The molecule has 1 fully saturated rings. The second-order valence-corrected chi connectivity index (χ2v) is 4.91. The molecule has 2 atom stereocenters. The van der Waals surface area contributed by atoms with Crippen molar-refractivity contribution < 1.29 is 9.53 Å². The molecule has 0 saturated carbocycles. The molecule has 0 radical (unpaired) electrons. The van der Waals surface area contributed by atoms with Crippen LogP contribution in [0, 0.1) is 5.92 Å². The summed E-state index contributed by atoms with van der Waals surface area (Å²) in [6, 6.07) is 9.62. The van der Waals surface area contributed by atoms with Crippen molar-refractivity contribution >= 4 is 11.9 Å². The smallest absolute Gasteiger partial charge is 0.256 e. The number of carbonyl (C=O) groups excluding carboxylic acids is 1. The maximum Gasteiger partial charge on any atom is 0.256 e. The largest absolute Gasteiger partial charge is 0.368 e. The number of amides is 1.